The van der Waals surface area contributed by atoms with Crippen molar-refractivity contribution in [2.45, 2.75) is 18.6 Å². The summed E-state index contributed by atoms with van der Waals surface area (Å²) in [4.78, 5) is 0. The number of aromatic nitrogens is 4. The molecule has 0 bridgehead atoms. The Kier molecular flexibility index (Phi) is 8.11. The smallest absolute Gasteiger partial charge is 0.209 e. The zero-order valence-corrected chi connectivity index (χ0v) is 13.8. The molecule has 0 aliphatic carbocycles. The van der Waals surface area contributed by atoms with E-state index in [1.54, 1.807) is 16.4 Å². The summed E-state index contributed by atoms with van der Waals surface area (Å²) in [7, 11) is 1.84. The summed E-state index contributed by atoms with van der Waals surface area (Å²) in [5, 5.41) is 15.6. The van der Waals surface area contributed by atoms with Gasteiger partial charge in [-0.2, -0.15) is 0 Å². The minimum Gasteiger partial charge on any atom is -0.494 e. The van der Waals surface area contributed by atoms with Gasteiger partial charge in [0.2, 0.25) is 5.16 Å². The van der Waals surface area contributed by atoms with Gasteiger partial charge < -0.3 is 10.1 Å². The average Bonchev–Trinajstić information content (AvgIpc) is 2.85. The number of benzene rings is 1. The summed E-state index contributed by atoms with van der Waals surface area (Å²) >= 11 is 1.64. The van der Waals surface area contributed by atoms with Crippen LogP contribution in [0.4, 0.5) is 0 Å². The van der Waals surface area contributed by atoms with Crippen LogP contribution in [0.15, 0.2) is 29.4 Å². The molecular formula is C13H20ClN5OS. The summed E-state index contributed by atoms with van der Waals surface area (Å²) in [5.41, 5.74) is 1.22. The van der Waals surface area contributed by atoms with Gasteiger partial charge in [-0.1, -0.05) is 23.9 Å². The fourth-order valence-electron chi connectivity index (χ4n) is 1.70. The van der Waals surface area contributed by atoms with Crippen molar-refractivity contribution in [1.82, 2.24) is 25.5 Å². The molecule has 1 heterocycles. The number of halogens is 1. The van der Waals surface area contributed by atoms with Crippen LogP contribution >= 0.6 is 24.2 Å². The zero-order valence-electron chi connectivity index (χ0n) is 12.2. The molecule has 2 aromatic rings. The van der Waals surface area contributed by atoms with Crippen LogP contribution in [0.25, 0.3) is 0 Å². The lowest BCUT2D eigenvalue weighted by Crippen LogP contribution is -2.16. The third-order valence-corrected chi connectivity index (χ3v) is 3.64. The second kappa shape index (κ2) is 9.59. The molecule has 0 fully saturated rings. The van der Waals surface area contributed by atoms with E-state index in [4.69, 9.17) is 4.74 Å². The van der Waals surface area contributed by atoms with Crippen molar-refractivity contribution in [3.05, 3.63) is 29.8 Å². The molecule has 1 N–H and O–H groups in total. The monoisotopic (exact) mass is 329 g/mol. The van der Waals surface area contributed by atoms with E-state index in [9.17, 15) is 0 Å². The van der Waals surface area contributed by atoms with Crippen LogP contribution in [-0.4, -0.2) is 39.1 Å². The van der Waals surface area contributed by atoms with Crippen LogP contribution in [0.1, 0.15) is 12.5 Å². The number of tetrazole rings is 1. The van der Waals surface area contributed by atoms with Gasteiger partial charge in [0.1, 0.15) is 5.75 Å². The Balaban J connectivity index is 0.00000220. The van der Waals surface area contributed by atoms with E-state index in [0.29, 0.717) is 6.61 Å². The van der Waals surface area contributed by atoms with Crippen molar-refractivity contribution in [3.8, 4) is 5.75 Å². The largest absolute Gasteiger partial charge is 0.494 e. The lowest BCUT2D eigenvalue weighted by atomic mass is 10.2. The van der Waals surface area contributed by atoms with Crippen molar-refractivity contribution in [1.29, 1.82) is 0 Å². The van der Waals surface area contributed by atoms with Crippen molar-refractivity contribution in [3.63, 3.8) is 0 Å². The van der Waals surface area contributed by atoms with Gasteiger partial charge >= 0.3 is 0 Å². The predicted octanol–water partition coefficient (Wildman–Crippen LogP) is 1.91. The number of ether oxygens (including phenoxy) is 1. The van der Waals surface area contributed by atoms with E-state index in [1.165, 1.54) is 5.56 Å². The number of aryl methyl sites for hydroxylation is 1. The third kappa shape index (κ3) is 5.91. The first-order valence-electron chi connectivity index (χ1n) is 6.57. The van der Waals surface area contributed by atoms with Gasteiger partial charge in [-0.25, -0.2) is 4.68 Å². The molecule has 0 aliphatic rings. The first-order valence-corrected chi connectivity index (χ1v) is 7.55. The molecule has 0 amide bonds. The number of hydrogen-bond donors (Lipinski definition) is 1. The summed E-state index contributed by atoms with van der Waals surface area (Å²) in [6.45, 7) is 4.41. The third-order valence-electron chi connectivity index (χ3n) is 2.63. The SMILES string of the molecule is CCOc1cccc(CNCCSc2nnnn2C)c1.Cl. The normalized spacial score (nSPS) is 10.2. The topological polar surface area (TPSA) is 64.9 Å². The van der Waals surface area contributed by atoms with E-state index in [-0.39, 0.29) is 12.4 Å². The van der Waals surface area contributed by atoms with Crippen molar-refractivity contribution < 1.29 is 4.74 Å². The highest BCUT2D eigenvalue weighted by atomic mass is 35.5. The molecule has 2 rings (SSSR count). The zero-order chi connectivity index (χ0) is 14.2. The maximum absolute atomic E-state index is 5.48. The second-order valence-corrected chi connectivity index (χ2v) is 5.25. The molecule has 8 heteroatoms. The highest BCUT2D eigenvalue weighted by Crippen LogP contribution is 2.13. The first kappa shape index (κ1) is 17.7. The lowest BCUT2D eigenvalue weighted by molar-refractivity contribution is 0.340. The second-order valence-electron chi connectivity index (χ2n) is 4.19. The molecule has 0 atom stereocenters. The molecule has 0 aliphatic heterocycles. The summed E-state index contributed by atoms with van der Waals surface area (Å²) in [6.07, 6.45) is 0. The van der Waals surface area contributed by atoms with Crippen LogP contribution in [0.2, 0.25) is 0 Å². The van der Waals surface area contributed by atoms with Crippen LogP contribution in [0.3, 0.4) is 0 Å². The maximum Gasteiger partial charge on any atom is 0.209 e. The van der Waals surface area contributed by atoms with Gasteiger partial charge in [0, 0.05) is 25.9 Å². The van der Waals surface area contributed by atoms with E-state index >= 15 is 0 Å². The molecule has 0 saturated carbocycles. The van der Waals surface area contributed by atoms with Gasteiger partial charge in [0.15, 0.2) is 0 Å². The summed E-state index contributed by atoms with van der Waals surface area (Å²) < 4.78 is 7.16. The molecule has 21 heavy (non-hydrogen) atoms. The summed E-state index contributed by atoms with van der Waals surface area (Å²) in [5.74, 6) is 1.85. The van der Waals surface area contributed by atoms with Crippen LogP contribution in [0.5, 0.6) is 5.75 Å². The fourth-order valence-corrected chi connectivity index (χ4v) is 2.45. The van der Waals surface area contributed by atoms with Crippen molar-refractivity contribution in [2.75, 3.05) is 18.9 Å². The molecule has 116 valence electrons. The van der Waals surface area contributed by atoms with E-state index in [2.05, 4.69) is 33.0 Å². The average molecular weight is 330 g/mol. The van der Waals surface area contributed by atoms with Crippen LogP contribution in [0, 0.1) is 0 Å². The number of nitrogens with one attached hydrogen (secondary N) is 1. The highest BCUT2D eigenvalue weighted by molar-refractivity contribution is 7.99. The Morgan fingerprint density at radius 1 is 1.38 bits per heavy atom. The number of thioether (sulfide) groups is 1. The van der Waals surface area contributed by atoms with E-state index < -0.39 is 0 Å². The van der Waals surface area contributed by atoms with Crippen molar-refractivity contribution in [2.24, 2.45) is 7.05 Å². The molecule has 1 aromatic heterocycles. The Morgan fingerprint density at radius 2 is 2.24 bits per heavy atom. The minimum atomic E-state index is 0. The Morgan fingerprint density at radius 3 is 2.95 bits per heavy atom. The van der Waals surface area contributed by atoms with Gasteiger partial charge in [0.25, 0.3) is 0 Å². The Hall–Kier alpha value is -1.31. The predicted molar refractivity (Wildman–Crippen MR) is 86.1 cm³/mol. The first-order chi connectivity index (χ1) is 9.79. The highest BCUT2D eigenvalue weighted by Gasteiger charge is 2.02. The van der Waals surface area contributed by atoms with Gasteiger partial charge in [-0.15, -0.1) is 17.5 Å². The minimum absolute atomic E-state index is 0. The maximum atomic E-state index is 5.48. The molecule has 0 spiro atoms. The molecule has 0 saturated heterocycles. The summed E-state index contributed by atoms with van der Waals surface area (Å²) in [6, 6.07) is 8.15. The molecular weight excluding hydrogens is 310 g/mol. The van der Waals surface area contributed by atoms with Gasteiger partial charge in [-0.05, 0) is 35.0 Å². The number of nitrogens with zero attached hydrogens (tertiary/aromatic N) is 4. The van der Waals surface area contributed by atoms with E-state index in [0.717, 1.165) is 29.7 Å². The number of rotatable bonds is 8. The fraction of sp³-hybridized carbons (Fsp3) is 0.462. The Labute approximate surface area is 135 Å². The molecule has 0 radical (unpaired) electrons. The quantitative estimate of drug-likeness (QED) is 0.589. The van der Waals surface area contributed by atoms with Crippen LogP contribution < -0.4 is 10.1 Å². The standard InChI is InChI=1S/C13H19N5OS.ClH/c1-3-19-12-6-4-5-11(9-12)10-14-7-8-20-13-15-16-17-18(13)2;/h4-6,9,14H,3,7-8,10H2,1-2H3;1H. The number of hydrogen-bond acceptors (Lipinski definition) is 6. The van der Waals surface area contributed by atoms with Crippen LogP contribution in [-0.2, 0) is 13.6 Å². The van der Waals surface area contributed by atoms with Crippen molar-refractivity contribution >= 4 is 24.2 Å². The van der Waals surface area contributed by atoms with Gasteiger partial charge in [0.05, 0.1) is 6.61 Å². The molecule has 0 unspecified atom stereocenters. The molecule has 6 nitrogen and oxygen atoms in total. The van der Waals surface area contributed by atoms with E-state index in [1.807, 2.05) is 26.1 Å². The van der Waals surface area contributed by atoms with Gasteiger partial charge in [-0.3, -0.25) is 0 Å². The Bertz CT molecular complexity index is 537. The lowest BCUT2D eigenvalue weighted by Gasteiger charge is -2.07. The molecule has 1 aromatic carbocycles.